The lowest BCUT2D eigenvalue weighted by atomic mass is 9.97. The molecule has 62 heavy (non-hydrogen) atoms. The van der Waals surface area contributed by atoms with Gasteiger partial charge in [0.25, 0.3) is 0 Å². The van der Waals surface area contributed by atoms with Crippen LogP contribution in [0.15, 0.2) is 11.0 Å². The molecule has 0 aliphatic carbocycles. The Morgan fingerprint density at radius 2 is 1.39 bits per heavy atom. The first kappa shape index (κ1) is 53.4. The number of likely N-dealkylation sites (tertiary alicyclic amines) is 1. The van der Waals surface area contributed by atoms with Crippen LogP contribution in [0.5, 0.6) is 0 Å². The van der Waals surface area contributed by atoms with Gasteiger partial charge in [-0.2, -0.15) is 4.98 Å². The molecule has 0 bridgehead atoms. The van der Waals surface area contributed by atoms with Crippen LogP contribution >= 0.6 is 15.6 Å². The predicted molar refractivity (Wildman–Crippen MR) is 217 cm³/mol. The quantitative estimate of drug-likeness (QED) is 0.0299. The number of piperidine rings is 1. The van der Waals surface area contributed by atoms with Crippen molar-refractivity contribution in [1.29, 1.82) is 0 Å². The molecule has 6 atom stereocenters. The second kappa shape index (κ2) is 27.4. The van der Waals surface area contributed by atoms with Gasteiger partial charge in [-0.25, -0.2) is 13.9 Å². The van der Waals surface area contributed by atoms with E-state index < -0.39 is 52.5 Å². The molecule has 0 spiro atoms. The van der Waals surface area contributed by atoms with Gasteiger partial charge in [0.2, 0.25) is 17.7 Å². The average molecular weight is 932 g/mol. The van der Waals surface area contributed by atoms with Crippen molar-refractivity contribution in [3.05, 3.63) is 22.2 Å². The molecular weight excluding hydrogens is 868 g/mol. The van der Waals surface area contributed by atoms with Gasteiger partial charge in [0.05, 0.1) is 66.0 Å². The van der Waals surface area contributed by atoms with Crippen molar-refractivity contribution < 1.29 is 80.9 Å². The molecular formula is C35H63N7O18P2. The van der Waals surface area contributed by atoms with Crippen molar-refractivity contribution in [2.75, 3.05) is 91.4 Å². The van der Waals surface area contributed by atoms with Crippen LogP contribution < -0.4 is 27.4 Å². The molecule has 0 saturated carbocycles. The van der Waals surface area contributed by atoms with Crippen molar-refractivity contribution in [1.82, 2.24) is 30.4 Å². The molecule has 1 aromatic heterocycles. The first-order chi connectivity index (χ1) is 29.3. The standard InChI is InChI=1S/C35H63N7O18P2/c1-24-5-3-6-25(2)41(24)22-30(45)38-11-8-28(43)39-12-14-55-16-18-57-20-19-56-17-15-54-13-9-29(44)37-10-4-7-26-21-42(35(47)40-33(26)36)34-31(46)32(60-62(51,52)53)27(59-34)23-58-61(48,49)50/h21,24-25,27,31-32,34,46H,3-20,22-23H2,1-2H3,(H,37,44)(H,38,45)(H,39,43)(H2,36,40,47)(H2,48,49,50)(H2,51,52,53)/t24?,25?,27-,31?,32+,34-/m1/s1. The number of ether oxygens (including phenoxy) is 5. The third-order valence-corrected chi connectivity index (χ3v) is 10.8. The minimum Gasteiger partial charge on any atom is -0.386 e. The van der Waals surface area contributed by atoms with Crippen LogP contribution in [0.4, 0.5) is 5.82 Å². The Morgan fingerprint density at radius 1 is 0.823 bits per heavy atom. The summed E-state index contributed by atoms with van der Waals surface area (Å²) >= 11 is 0. The van der Waals surface area contributed by atoms with E-state index in [9.17, 15) is 43.2 Å². The number of aliphatic hydroxyl groups excluding tert-OH is 1. The second-order valence-electron chi connectivity index (χ2n) is 14.6. The maximum absolute atomic E-state index is 12.6. The summed E-state index contributed by atoms with van der Waals surface area (Å²) in [5.41, 5.74) is 5.20. The van der Waals surface area contributed by atoms with Crippen LogP contribution in [0, 0.1) is 0 Å². The molecule has 0 radical (unpaired) electrons. The zero-order valence-corrected chi connectivity index (χ0v) is 36.8. The molecule has 3 rings (SSSR count). The number of nitrogen functional groups attached to an aromatic ring is 1. The molecule has 2 aliphatic rings. The minimum absolute atomic E-state index is 0.0697. The Bertz CT molecular complexity index is 1690. The summed E-state index contributed by atoms with van der Waals surface area (Å²) in [5, 5.41) is 19.0. The Balaban J connectivity index is 1.17. The molecule has 25 nitrogen and oxygen atoms in total. The van der Waals surface area contributed by atoms with E-state index in [0.29, 0.717) is 76.8 Å². The van der Waals surface area contributed by atoms with Gasteiger partial charge in [0.15, 0.2) is 6.23 Å². The number of hydrogen-bond acceptors (Lipinski definition) is 17. The molecule has 2 aliphatic heterocycles. The Labute approximate surface area is 359 Å². The summed E-state index contributed by atoms with van der Waals surface area (Å²) in [7, 11) is -10.3. The Kier molecular flexibility index (Phi) is 23.6. The summed E-state index contributed by atoms with van der Waals surface area (Å²) < 4.78 is 59.6. The highest BCUT2D eigenvalue weighted by molar-refractivity contribution is 7.46. The van der Waals surface area contributed by atoms with Gasteiger partial charge in [-0.05, 0) is 39.5 Å². The van der Waals surface area contributed by atoms with Gasteiger partial charge in [0.1, 0.15) is 24.1 Å². The number of carbonyl (C=O) groups excluding carboxylic acids is 3. The summed E-state index contributed by atoms with van der Waals surface area (Å²) in [6, 6.07) is 0.758. The number of aromatic nitrogens is 2. The smallest absolute Gasteiger partial charge is 0.386 e. The predicted octanol–water partition coefficient (Wildman–Crippen LogP) is -1.94. The number of phosphoric ester groups is 2. The van der Waals surface area contributed by atoms with Crippen LogP contribution in [0.1, 0.15) is 64.2 Å². The second-order valence-corrected chi connectivity index (χ2v) is 17.1. The van der Waals surface area contributed by atoms with Crippen LogP contribution in [-0.4, -0.2) is 173 Å². The molecule has 3 heterocycles. The van der Waals surface area contributed by atoms with Gasteiger partial charge in [-0.3, -0.25) is 32.9 Å². The molecule has 2 saturated heterocycles. The maximum Gasteiger partial charge on any atom is 0.470 e. The Hall–Kier alpha value is -2.97. The van der Waals surface area contributed by atoms with Crippen molar-refractivity contribution in [3.63, 3.8) is 0 Å². The molecule has 2 fully saturated rings. The first-order valence-electron chi connectivity index (χ1n) is 20.4. The van der Waals surface area contributed by atoms with E-state index in [-0.39, 0.29) is 69.1 Å². The number of nitrogens with zero attached hydrogens (tertiary/aromatic N) is 3. The largest absolute Gasteiger partial charge is 0.470 e. The van der Waals surface area contributed by atoms with Crippen LogP contribution in [0.3, 0.4) is 0 Å². The third kappa shape index (κ3) is 20.7. The van der Waals surface area contributed by atoms with Crippen LogP contribution in [0.25, 0.3) is 0 Å². The van der Waals surface area contributed by atoms with Crippen LogP contribution in [0.2, 0.25) is 0 Å². The zero-order valence-electron chi connectivity index (χ0n) is 35.0. The number of amides is 3. The number of aryl methyl sites for hydroxylation is 1. The fraction of sp³-hybridized carbons (Fsp3) is 0.800. The van der Waals surface area contributed by atoms with Gasteiger partial charge in [0, 0.05) is 56.3 Å². The third-order valence-electron chi connectivity index (χ3n) is 9.79. The monoisotopic (exact) mass is 931 g/mol. The summed E-state index contributed by atoms with van der Waals surface area (Å²) in [5.74, 6) is -0.665. The molecule has 10 N–H and O–H groups in total. The van der Waals surface area contributed by atoms with Gasteiger partial charge >= 0.3 is 21.3 Å². The minimum atomic E-state index is -5.24. The number of carbonyl (C=O) groups is 3. The topological polar surface area (TPSA) is 351 Å². The molecule has 3 amide bonds. The molecule has 27 heteroatoms. The van der Waals surface area contributed by atoms with E-state index in [0.717, 1.165) is 17.4 Å². The zero-order chi connectivity index (χ0) is 45.7. The highest BCUT2D eigenvalue weighted by Gasteiger charge is 2.49. The molecule has 3 unspecified atom stereocenters. The molecule has 356 valence electrons. The molecule has 1 aromatic rings. The number of nitrogens with two attached hydrogens (primary N) is 1. The van der Waals surface area contributed by atoms with E-state index in [4.69, 9.17) is 39.2 Å². The number of phosphoric acid groups is 2. The number of anilines is 1. The fourth-order valence-electron chi connectivity index (χ4n) is 6.64. The summed E-state index contributed by atoms with van der Waals surface area (Å²) in [6.07, 6.45) is -1.65. The summed E-state index contributed by atoms with van der Waals surface area (Å²) in [6.45, 7) is 6.92. The number of rotatable bonds is 30. The lowest BCUT2D eigenvalue weighted by Gasteiger charge is -2.38. The van der Waals surface area contributed by atoms with E-state index in [2.05, 4.69) is 48.7 Å². The average Bonchev–Trinajstić information content (AvgIpc) is 3.48. The fourth-order valence-corrected chi connectivity index (χ4v) is 7.55. The van der Waals surface area contributed by atoms with Crippen LogP contribution in [-0.2, 0) is 62.7 Å². The number of aliphatic hydroxyl groups is 1. The van der Waals surface area contributed by atoms with Crippen molar-refractivity contribution in [2.24, 2.45) is 0 Å². The van der Waals surface area contributed by atoms with E-state index in [1.54, 1.807) is 0 Å². The highest BCUT2D eigenvalue weighted by Crippen LogP contribution is 2.45. The highest BCUT2D eigenvalue weighted by atomic mass is 31.2. The lowest BCUT2D eigenvalue weighted by molar-refractivity contribution is -0.124. The van der Waals surface area contributed by atoms with E-state index in [1.807, 2.05) is 0 Å². The lowest BCUT2D eigenvalue weighted by Crippen LogP contribution is -2.49. The van der Waals surface area contributed by atoms with E-state index in [1.165, 1.54) is 12.6 Å². The summed E-state index contributed by atoms with van der Waals surface area (Å²) in [4.78, 5) is 91.7. The van der Waals surface area contributed by atoms with Gasteiger partial charge in [-0.15, -0.1) is 0 Å². The SMILES string of the molecule is CC1CCCC(C)N1CC(=O)NCCC(=O)NCCOCCOCCOCCOCCC(=O)NCCCc1cn([C@@H]2O[C@H](COP(=O)(O)O)[C@H](OP(=O)(O)O)C2O)c(=O)nc1N. The van der Waals surface area contributed by atoms with Crippen molar-refractivity contribution in [3.8, 4) is 0 Å². The van der Waals surface area contributed by atoms with Gasteiger partial charge < -0.3 is 70.0 Å². The first-order valence-corrected chi connectivity index (χ1v) is 23.4. The van der Waals surface area contributed by atoms with Gasteiger partial charge in [-0.1, -0.05) is 6.42 Å². The maximum atomic E-state index is 12.6. The Morgan fingerprint density at radius 3 is 2.00 bits per heavy atom. The normalized spacial score (nSPS) is 22.1. The number of nitrogens with one attached hydrogen (secondary N) is 3. The molecule has 0 aromatic carbocycles. The van der Waals surface area contributed by atoms with E-state index >= 15 is 0 Å². The van der Waals surface area contributed by atoms with Crippen molar-refractivity contribution >= 4 is 39.2 Å². The number of hydrogen-bond donors (Lipinski definition) is 9. The van der Waals surface area contributed by atoms with Crippen molar-refractivity contribution in [2.45, 2.75) is 95.4 Å².